The molecule has 27 heavy (non-hydrogen) atoms. The summed E-state index contributed by atoms with van der Waals surface area (Å²) in [6.07, 6.45) is 8.71. The molecule has 3 saturated carbocycles. The quantitative estimate of drug-likeness (QED) is 0.728. The summed E-state index contributed by atoms with van der Waals surface area (Å²) in [7, 11) is 0. The predicted molar refractivity (Wildman–Crippen MR) is 107 cm³/mol. The molecular formula is C23H38N2O2. The van der Waals surface area contributed by atoms with Crippen molar-refractivity contribution in [3.63, 3.8) is 0 Å². The van der Waals surface area contributed by atoms with Crippen LogP contribution in [0.15, 0.2) is 0 Å². The Labute approximate surface area is 164 Å². The standard InChI is InChI=1S/C23H38N2O2/c1-21(2,3)25-20(27)17-8-7-15-14-6-9-18-23(5,13-11-19(26)24-18)16(14)10-12-22(15,17)4/h14-18H,6-13H2,1-5H3,(H,24,26)(H,25,27)/t14-,15+,16+,17-,18-,22+,23+/m0/s1. The van der Waals surface area contributed by atoms with Crippen LogP contribution < -0.4 is 10.6 Å². The maximum atomic E-state index is 13.0. The van der Waals surface area contributed by atoms with Crippen LogP contribution in [0.5, 0.6) is 0 Å². The number of piperidine rings is 1. The van der Waals surface area contributed by atoms with E-state index in [1.165, 1.54) is 19.3 Å². The number of carbonyl (C=O) groups is 2. The SMILES string of the molecule is CC(C)(C)NC(=O)[C@@H]1CC[C@@H]2[C@@H]3CC[C@@H]4NC(=O)CC[C@]4(C)[C@@H]3CC[C@]21C. The van der Waals surface area contributed by atoms with Crippen LogP contribution >= 0.6 is 0 Å². The molecule has 7 atom stereocenters. The minimum atomic E-state index is -0.158. The summed E-state index contributed by atoms with van der Waals surface area (Å²) in [6, 6.07) is 0.366. The third kappa shape index (κ3) is 3.02. The highest BCUT2D eigenvalue weighted by Crippen LogP contribution is 2.65. The molecule has 1 saturated heterocycles. The second-order valence-electron chi connectivity index (χ2n) is 11.5. The van der Waals surface area contributed by atoms with Crippen LogP contribution in [0.1, 0.15) is 86.0 Å². The lowest BCUT2D eigenvalue weighted by Crippen LogP contribution is -2.61. The summed E-state index contributed by atoms with van der Waals surface area (Å²) in [5.74, 6) is 2.79. The molecule has 4 fully saturated rings. The molecule has 0 radical (unpaired) electrons. The van der Waals surface area contributed by atoms with E-state index in [4.69, 9.17) is 0 Å². The van der Waals surface area contributed by atoms with Crippen LogP contribution in [0.4, 0.5) is 0 Å². The fraction of sp³-hybridized carbons (Fsp3) is 0.913. The average molecular weight is 375 g/mol. The second-order valence-corrected chi connectivity index (χ2v) is 11.5. The van der Waals surface area contributed by atoms with Crippen LogP contribution in [-0.4, -0.2) is 23.4 Å². The van der Waals surface area contributed by atoms with E-state index in [1.807, 2.05) is 0 Å². The van der Waals surface area contributed by atoms with E-state index in [2.05, 4.69) is 45.3 Å². The molecule has 2 N–H and O–H groups in total. The van der Waals surface area contributed by atoms with Gasteiger partial charge in [-0.05, 0) is 94.3 Å². The van der Waals surface area contributed by atoms with Crippen LogP contribution in [0.25, 0.3) is 0 Å². The van der Waals surface area contributed by atoms with Gasteiger partial charge < -0.3 is 10.6 Å². The van der Waals surface area contributed by atoms with Crippen molar-refractivity contribution in [3.8, 4) is 0 Å². The highest BCUT2D eigenvalue weighted by molar-refractivity contribution is 5.80. The van der Waals surface area contributed by atoms with Gasteiger partial charge in [-0.1, -0.05) is 13.8 Å². The van der Waals surface area contributed by atoms with E-state index in [0.717, 1.165) is 31.6 Å². The van der Waals surface area contributed by atoms with E-state index in [9.17, 15) is 9.59 Å². The van der Waals surface area contributed by atoms with Gasteiger partial charge in [0.2, 0.25) is 11.8 Å². The maximum Gasteiger partial charge on any atom is 0.224 e. The molecule has 0 aromatic carbocycles. The Kier molecular flexibility index (Phi) is 4.44. The first kappa shape index (κ1) is 19.3. The zero-order valence-electron chi connectivity index (χ0n) is 17.9. The van der Waals surface area contributed by atoms with Gasteiger partial charge in [0.25, 0.3) is 0 Å². The zero-order chi connectivity index (χ0) is 19.6. The summed E-state index contributed by atoms with van der Waals surface area (Å²) in [6.45, 7) is 11.1. The highest BCUT2D eigenvalue weighted by atomic mass is 16.2. The van der Waals surface area contributed by atoms with Gasteiger partial charge in [-0.25, -0.2) is 0 Å². The summed E-state index contributed by atoms with van der Waals surface area (Å²) in [4.78, 5) is 25.0. The summed E-state index contributed by atoms with van der Waals surface area (Å²) in [5.41, 5.74) is 0.246. The monoisotopic (exact) mass is 374 g/mol. The van der Waals surface area contributed by atoms with Crippen molar-refractivity contribution in [1.82, 2.24) is 10.6 Å². The van der Waals surface area contributed by atoms with Gasteiger partial charge in [0.15, 0.2) is 0 Å². The lowest BCUT2D eigenvalue weighted by atomic mass is 9.47. The molecule has 0 aromatic rings. The van der Waals surface area contributed by atoms with E-state index in [-0.39, 0.29) is 34.1 Å². The summed E-state index contributed by atoms with van der Waals surface area (Å²) in [5, 5.41) is 6.57. The number of rotatable bonds is 1. The Balaban J connectivity index is 1.55. The Morgan fingerprint density at radius 2 is 1.70 bits per heavy atom. The van der Waals surface area contributed by atoms with Crippen molar-refractivity contribution in [1.29, 1.82) is 0 Å². The summed E-state index contributed by atoms with van der Waals surface area (Å²) < 4.78 is 0. The van der Waals surface area contributed by atoms with Gasteiger partial charge in [-0.15, -0.1) is 0 Å². The van der Waals surface area contributed by atoms with E-state index >= 15 is 0 Å². The first-order chi connectivity index (χ1) is 12.5. The molecule has 4 rings (SSSR count). The topological polar surface area (TPSA) is 58.2 Å². The van der Waals surface area contributed by atoms with Gasteiger partial charge in [0, 0.05) is 23.9 Å². The molecule has 2 amide bonds. The molecule has 0 aromatic heterocycles. The smallest absolute Gasteiger partial charge is 0.224 e. The number of hydrogen-bond acceptors (Lipinski definition) is 2. The summed E-state index contributed by atoms with van der Waals surface area (Å²) >= 11 is 0. The fourth-order valence-electron chi connectivity index (χ4n) is 7.59. The van der Waals surface area contributed by atoms with Crippen molar-refractivity contribution in [2.45, 2.75) is 97.6 Å². The third-order valence-electron chi connectivity index (χ3n) is 8.91. The minimum Gasteiger partial charge on any atom is -0.353 e. The van der Waals surface area contributed by atoms with Gasteiger partial charge in [0.05, 0.1) is 0 Å². The first-order valence-electron chi connectivity index (χ1n) is 11.2. The molecule has 0 bridgehead atoms. The Hall–Kier alpha value is -1.06. The van der Waals surface area contributed by atoms with Gasteiger partial charge in [-0.2, -0.15) is 0 Å². The predicted octanol–water partition coefficient (Wildman–Crippen LogP) is 4.04. The molecular weight excluding hydrogens is 336 g/mol. The minimum absolute atomic E-state index is 0.150. The highest BCUT2D eigenvalue weighted by Gasteiger charge is 2.61. The van der Waals surface area contributed by atoms with Gasteiger partial charge in [0.1, 0.15) is 0 Å². The Morgan fingerprint density at radius 1 is 1.00 bits per heavy atom. The second kappa shape index (κ2) is 6.22. The maximum absolute atomic E-state index is 13.0. The van der Waals surface area contributed by atoms with Gasteiger partial charge >= 0.3 is 0 Å². The average Bonchev–Trinajstić information content (AvgIpc) is 2.91. The number of carbonyl (C=O) groups excluding carboxylic acids is 2. The van der Waals surface area contributed by atoms with Crippen LogP contribution in [0.3, 0.4) is 0 Å². The molecule has 4 aliphatic rings. The van der Waals surface area contributed by atoms with Crippen LogP contribution in [-0.2, 0) is 9.59 Å². The number of fused-ring (bicyclic) bond motifs is 5. The van der Waals surface area contributed by atoms with Crippen molar-refractivity contribution in [2.24, 2.45) is 34.5 Å². The molecule has 152 valence electrons. The number of hydrogen-bond donors (Lipinski definition) is 2. The fourth-order valence-corrected chi connectivity index (χ4v) is 7.59. The first-order valence-corrected chi connectivity index (χ1v) is 11.2. The molecule has 4 nitrogen and oxygen atoms in total. The normalized spacial score (nSPS) is 46.7. The third-order valence-corrected chi connectivity index (χ3v) is 8.91. The molecule has 3 aliphatic carbocycles. The Morgan fingerprint density at radius 3 is 2.41 bits per heavy atom. The number of amides is 2. The van der Waals surface area contributed by atoms with Crippen LogP contribution in [0, 0.1) is 34.5 Å². The van der Waals surface area contributed by atoms with E-state index in [1.54, 1.807) is 0 Å². The zero-order valence-corrected chi connectivity index (χ0v) is 17.9. The lowest BCUT2D eigenvalue weighted by Gasteiger charge is -2.60. The van der Waals surface area contributed by atoms with Crippen molar-refractivity contribution < 1.29 is 9.59 Å². The van der Waals surface area contributed by atoms with E-state index < -0.39 is 0 Å². The molecule has 0 spiro atoms. The number of nitrogens with one attached hydrogen (secondary N) is 2. The largest absolute Gasteiger partial charge is 0.353 e. The van der Waals surface area contributed by atoms with Crippen molar-refractivity contribution in [2.75, 3.05) is 0 Å². The van der Waals surface area contributed by atoms with Crippen molar-refractivity contribution >= 4 is 11.8 Å². The molecule has 1 aliphatic heterocycles. The molecule has 0 unspecified atom stereocenters. The van der Waals surface area contributed by atoms with Gasteiger partial charge in [-0.3, -0.25) is 9.59 Å². The lowest BCUT2D eigenvalue weighted by molar-refractivity contribution is -0.142. The van der Waals surface area contributed by atoms with Crippen LogP contribution in [0.2, 0.25) is 0 Å². The molecule has 1 heterocycles. The van der Waals surface area contributed by atoms with Crippen molar-refractivity contribution in [3.05, 3.63) is 0 Å². The molecule has 4 heteroatoms. The van der Waals surface area contributed by atoms with E-state index in [0.29, 0.717) is 24.3 Å². The Bertz CT molecular complexity index is 639.